The molecule has 0 bridgehead atoms. The molecule has 0 amide bonds. The second kappa shape index (κ2) is 3.01. The van der Waals surface area contributed by atoms with Gasteiger partial charge in [-0.3, -0.25) is 4.79 Å². The molecule has 0 saturated heterocycles. The van der Waals surface area contributed by atoms with Crippen molar-refractivity contribution in [1.82, 2.24) is 0 Å². The lowest BCUT2D eigenvalue weighted by Crippen LogP contribution is -2.02. The van der Waals surface area contributed by atoms with Crippen LogP contribution in [0.25, 0.3) is 0 Å². The first-order chi connectivity index (χ1) is 6.63. The molecule has 1 aliphatic heterocycles. The van der Waals surface area contributed by atoms with Crippen LogP contribution < -0.4 is 10.5 Å². The van der Waals surface area contributed by atoms with Gasteiger partial charge in [0.25, 0.3) is 0 Å². The molecular weight excluding hydrogens is 178 g/mol. The van der Waals surface area contributed by atoms with Crippen LogP contribution in [0.4, 0.5) is 5.69 Å². The van der Waals surface area contributed by atoms with E-state index in [2.05, 4.69) is 0 Å². The van der Waals surface area contributed by atoms with Crippen LogP contribution in [0.2, 0.25) is 0 Å². The monoisotopic (exact) mass is 191 g/mol. The van der Waals surface area contributed by atoms with Crippen molar-refractivity contribution in [3.63, 3.8) is 0 Å². The molecule has 0 unspecified atom stereocenters. The van der Waals surface area contributed by atoms with Gasteiger partial charge >= 0.3 is 5.97 Å². The van der Waals surface area contributed by atoms with E-state index in [1.807, 2.05) is 19.9 Å². The molecule has 0 radical (unpaired) electrons. The molecule has 14 heavy (non-hydrogen) atoms. The molecule has 0 fully saturated rings. The highest BCUT2D eigenvalue weighted by atomic mass is 16.5. The number of fused-ring (bicyclic) bond motifs is 1. The molecule has 3 heteroatoms. The molecule has 1 aliphatic rings. The number of carbonyl (C=O) groups excluding carboxylic acids is 1. The number of aryl methyl sites for hydroxylation is 2. The largest absolute Gasteiger partial charge is 0.424 e. The highest BCUT2D eigenvalue weighted by Crippen LogP contribution is 2.37. The highest BCUT2D eigenvalue weighted by molar-refractivity contribution is 5.86. The number of benzene rings is 1. The van der Waals surface area contributed by atoms with E-state index in [-0.39, 0.29) is 5.97 Å². The summed E-state index contributed by atoms with van der Waals surface area (Å²) in [6.07, 6.45) is 1.22. The fraction of sp³-hybridized carbons (Fsp3) is 0.364. The molecule has 74 valence electrons. The molecule has 0 spiro atoms. The number of ether oxygens (including phenoxy) is 1. The first-order valence-electron chi connectivity index (χ1n) is 4.75. The summed E-state index contributed by atoms with van der Waals surface area (Å²) >= 11 is 0. The Bertz CT molecular complexity index is 410. The highest BCUT2D eigenvalue weighted by Gasteiger charge is 2.25. The van der Waals surface area contributed by atoms with Crippen molar-refractivity contribution in [3.05, 3.63) is 22.8 Å². The number of nitrogens with two attached hydrogens (primary N) is 1. The van der Waals surface area contributed by atoms with Crippen LogP contribution in [0.1, 0.15) is 23.6 Å². The van der Waals surface area contributed by atoms with E-state index in [0.717, 1.165) is 23.1 Å². The van der Waals surface area contributed by atoms with Crippen molar-refractivity contribution < 1.29 is 9.53 Å². The summed E-state index contributed by atoms with van der Waals surface area (Å²) in [6.45, 7) is 4.02. The Kier molecular flexibility index (Phi) is 1.95. The summed E-state index contributed by atoms with van der Waals surface area (Å²) in [4.78, 5) is 11.1. The number of anilines is 1. The molecule has 0 saturated carbocycles. The Hall–Kier alpha value is -1.51. The smallest absolute Gasteiger partial charge is 0.315 e. The average molecular weight is 191 g/mol. The molecule has 3 nitrogen and oxygen atoms in total. The van der Waals surface area contributed by atoms with E-state index in [1.165, 1.54) is 0 Å². The SMILES string of the molecule is CCc1cc(C)c2c(c1N)OC(=O)C2. The fourth-order valence-electron chi connectivity index (χ4n) is 1.84. The Balaban J connectivity index is 2.63. The van der Waals surface area contributed by atoms with E-state index < -0.39 is 0 Å². The van der Waals surface area contributed by atoms with E-state index in [9.17, 15) is 4.79 Å². The third kappa shape index (κ3) is 1.16. The summed E-state index contributed by atoms with van der Waals surface area (Å²) < 4.78 is 5.10. The first kappa shape index (κ1) is 9.06. The van der Waals surface area contributed by atoms with Gasteiger partial charge in [-0.25, -0.2) is 0 Å². The molecule has 1 aromatic carbocycles. The average Bonchev–Trinajstić information content (AvgIpc) is 2.54. The van der Waals surface area contributed by atoms with Gasteiger partial charge in [0.15, 0.2) is 5.75 Å². The Morgan fingerprint density at radius 2 is 2.29 bits per heavy atom. The lowest BCUT2D eigenvalue weighted by atomic mass is 9.99. The molecule has 0 atom stereocenters. The predicted molar refractivity (Wildman–Crippen MR) is 54.3 cm³/mol. The topological polar surface area (TPSA) is 52.3 Å². The van der Waals surface area contributed by atoms with Crippen LogP contribution in [-0.4, -0.2) is 5.97 Å². The normalized spacial score (nSPS) is 14.0. The maximum absolute atomic E-state index is 11.1. The Morgan fingerprint density at radius 3 is 2.93 bits per heavy atom. The summed E-state index contributed by atoms with van der Waals surface area (Å²) in [7, 11) is 0. The number of hydrogen-bond acceptors (Lipinski definition) is 3. The Morgan fingerprint density at radius 1 is 1.57 bits per heavy atom. The molecular formula is C11H13NO2. The maximum Gasteiger partial charge on any atom is 0.315 e. The van der Waals surface area contributed by atoms with Crippen molar-refractivity contribution in [2.24, 2.45) is 0 Å². The lowest BCUT2D eigenvalue weighted by molar-refractivity contribution is -0.131. The van der Waals surface area contributed by atoms with Gasteiger partial charge in [0.05, 0.1) is 12.1 Å². The minimum Gasteiger partial charge on any atom is -0.424 e. The van der Waals surface area contributed by atoms with Crippen LogP contribution in [0.3, 0.4) is 0 Å². The number of rotatable bonds is 1. The molecule has 0 aliphatic carbocycles. The van der Waals surface area contributed by atoms with E-state index in [4.69, 9.17) is 10.5 Å². The van der Waals surface area contributed by atoms with Gasteiger partial charge in [-0.05, 0) is 24.5 Å². The summed E-state index contributed by atoms with van der Waals surface area (Å²) in [5.74, 6) is 0.384. The zero-order chi connectivity index (χ0) is 10.3. The quantitative estimate of drug-likeness (QED) is 0.416. The van der Waals surface area contributed by atoms with Crippen molar-refractivity contribution >= 4 is 11.7 Å². The maximum atomic E-state index is 11.1. The molecule has 2 rings (SSSR count). The van der Waals surface area contributed by atoms with Crippen molar-refractivity contribution in [2.45, 2.75) is 26.7 Å². The van der Waals surface area contributed by atoms with Crippen LogP contribution >= 0.6 is 0 Å². The third-order valence-corrected chi connectivity index (χ3v) is 2.65. The van der Waals surface area contributed by atoms with E-state index in [0.29, 0.717) is 17.9 Å². The van der Waals surface area contributed by atoms with E-state index >= 15 is 0 Å². The van der Waals surface area contributed by atoms with E-state index in [1.54, 1.807) is 0 Å². The van der Waals surface area contributed by atoms with Crippen molar-refractivity contribution in [3.8, 4) is 5.75 Å². The van der Waals surface area contributed by atoms with Gasteiger partial charge in [0.2, 0.25) is 0 Å². The summed E-state index contributed by atoms with van der Waals surface area (Å²) in [6, 6.07) is 2.04. The first-order valence-corrected chi connectivity index (χ1v) is 4.75. The number of esters is 1. The summed E-state index contributed by atoms with van der Waals surface area (Å²) in [5, 5.41) is 0. The molecule has 0 aromatic heterocycles. The number of hydrogen-bond donors (Lipinski definition) is 1. The lowest BCUT2D eigenvalue weighted by Gasteiger charge is -2.09. The number of carbonyl (C=O) groups is 1. The zero-order valence-corrected chi connectivity index (χ0v) is 8.39. The van der Waals surface area contributed by atoms with Crippen molar-refractivity contribution in [2.75, 3.05) is 5.73 Å². The second-order valence-electron chi connectivity index (χ2n) is 3.58. The van der Waals surface area contributed by atoms with Gasteiger partial charge in [-0.2, -0.15) is 0 Å². The van der Waals surface area contributed by atoms with Gasteiger partial charge in [0.1, 0.15) is 0 Å². The van der Waals surface area contributed by atoms with Gasteiger partial charge < -0.3 is 10.5 Å². The van der Waals surface area contributed by atoms with Gasteiger partial charge in [0, 0.05) is 5.56 Å². The standard InChI is InChI=1S/C11H13NO2/c1-3-7-4-6(2)8-5-9(13)14-11(8)10(7)12/h4H,3,5,12H2,1-2H3. The van der Waals surface area contributed by atoms with Crippen LogP contribution in [-0.2, 0) is 17.6 Å². The molecule has 1 heterocycles. The van der Waals surface area contributed by atoms with Gasteiger partial charge in [-0.15, -0.1) is 0 Å². The minimum absolute atomic E-state index is 0.206. The van der Waals surface area contributed by atoms with Gasteiger partial charge in [-0.1, -0.05) is 13.0 Å². The Labute approximate surface area is 82.9 Å². The zero-order valence-electron chi connectivity index (χ0n) is 8.39. The third-order valence-electron chi connectivity index (χ3n) is 2.65. The van der Waals surface area contributed by atoms with Crippen molar-refractivity contribution in [1.29, 1.82) is 0 Å². The van der Waals surface area contributed by atoms with Crippen LogP contribution in [0, 0.1) is 6.92 Å². The fourth-order valence-corrected chi connectivity index (χ4v) is 1.84. The predicted octanol–water partition coefficient (Wildman–Crippen LogP) is 1.60. The second-order valence-corrected chi connectivity index (χ2v) is 3.58. The van der Waals surface area contributed by atoms with Crippen LogP contribution in [0.15, 0.2) is 6.07 Å². The summed E-state index contributed by atoms with van der Waals surface area (Å²) in [5.41, 5.74) is 9.62. The number of nitrogen functional groups attached to an aromatic ring is 1. The molecule has 2 N–H and O–H groups in total. The van der Waals surface area contributed by atoms with Crippen LogP contribution in [0.5, 0.6) is 5.75 Å². The minimum atomic E-state index is -0.206. The molecule has 1 aromatic rings.